The molecule has 0 N–H and O–H groups in total. The van der Waals surface area contributed by atoms with Crippen LogP contribution in [0.3, 0.4) is 0 Å². The van der Waals surface area contributed by atoms with Gasteiger partial charge >= 0.3 is 0 Å². The molecule has 5 heteroatoms. The lowest BCUT2D eigenvalue weighted by molar-refractivity contribution is 0.456. The van der Waals surface area contributed by atoms with Gasteiger partial charge in [-0.15, -0.1) is 0 Å². The van der Waals surface area contributed by atoms with Crippen molar-refractivity contribution in [3.63, 3.8) is 0 Å². The zero-order valence-corrected chi connectivity index (χ0v) is 9.33. The molecular weight excluding hydrogens is 202 g/mol. The summed E-state index contributed by atoms with van der Waals surface area (Å²) in [7, 11) is 0. The molecule has 0 aliphatic rings. The van der Waals surface area contributed by atoms with Crippen LogP contribution in [0.2, 0.25) is 0 Å². The second-order valence-corrected chi connectivity index (χ2v) is 3.89. The summed E-state index contributed by atoms with van der Waals surface area (Å²) in [4.78, 5) is 7.22. The molecule has 16 heavy (non-hydrogen) atoms. The van der Waals surface area contributed by atoms with Crippen molar-refractivity contribution in [1.82, 2.24) is 9.38 Å². The fourth-order valence-corrected chi connectivity index (χ4v) is 1.73. The van der Waals surface area contributed by atoms with Crippen LogP contribution in [0.4, 0.5) is 0 Å². The number of imidazole rings is 1. The molecule has 0 bridgehead atoms. The molecule has 1 unspecified atom stereocenters. The van der Waals surface area contributed by atoms with Gasteiger partial charge in [0.25, 0.3) is 0 Å². The first-order valence-electron chi connectivity index (χ1n) is 5.20. The lowest BCUT2D eigenvalue weighted by Crippen LogP contribution is -2.19. The molecule has 2 aromatic heterocycles. The minimum Gasteiger partial charge on any atom is -0.303 e. The van der Waals surface area contributed by atoms with Gasteiger partial charge in [-0.25, -0.2) is 4.98 Å². The molecule has 0 fully saturated rings. The summed E-state index contributed by atoms with van der Waals surface area (Å²) in [6.07, 6.45) is 4.44. The van der Waals surface area contributed by atoms with Crippen molar-refractivity contribution >= 4 is 5.65 Å². The number of aromatic nitrogens is 2. The Kier molecular flexibility index (Phi) is 2.54. The highest BCUT2D eigenvalue weighted by Gasteiger charge is 2.26. The molecule has 2 rings (SSSR count). The number of nitrogens with zero attached hydrogens (tertiary/aromatic N) is 5. The number of fused-ring (bicyclic) bond motifs is 1. The van der Waals surface area contributed by atoms with Gasteiger partial charge in [-0.1, -0.05) is 18.1 Å². The van der Waals surface area contributed by atoms with E-state index < -0.39 is 5.54 Å². The lowest BCUT2D eigenvalue weighted by Gasteiger charge is -2.21. The van der Waals surface area contributed by atoms with Crippen LogP contribution in [-0.2, 0) is 5.54 Å². The topological polar surface area (TPSA) is 66.1 Å². The molecule has 5 nitrogen and oxygen atoms in total. The maximum absolute atomic E-state index is 8.63. The molecule has 0 aromatic carbocycles. The second-order valence-electron chi connectivity index (χ2n) is 3.89. The van der Waals surface area contributed by atoms with Crippen LogP contribution in [0.15, 0.2) is 35.7 Å². The summed E-state index contributed by atoms with van der Waals surface area (Å²) in [5.74, 6) is 0. The van der Waals surface area contributed by atoms with E-state index in [0.29, 0.717) is 0 Å². The third kappa shape index (κ3) is 1.51. The van der Waals surface area contributed by atoms with Gasteiger partial charge in [0.2, 0.25) is 0 Å². The molecule has 0 aliphatic heterocycles. The minimum atomic E-state index is -0.546. The van der Waals surface area contributed by atoms with Crippen molar-refractivity contribution < 1.29 is 0 Å². The molecule has 0 saturated heterocycles. The summed E-state index contributed by atoms with van der Waals surface area (Å²) in [6.45, 7) is 3.92. The maximum atomic E-state index is 8.63. The average molecular weight is 215 g/mol. The number of hydrogen-bond acceptors (Lipinski definition) is 2. The molecule has 0 saturated carbocycles. The van der Waals surface area contributed by atoms with Crippen molar-refractivity contribution in [1.29, 1.82) is 0 Å². The van der Waals surface area contributed by atoms with Gasteiger partial charge in [0.1, 0.15) is 5.65 Å². The van der Waals surface area contributed by atoms with Crippen LogP contribution in [0.25, 0.3) is 16.1 Å². The quantitative estimate of drug-likeness (QED) is 0.440. The first-order chi connectivity index (χ1) is 7.71. The Balaban J connectivity index is 2.66. The van der Waals surface area contributed by atoms with Crippen LogP contribution in [0.5, 0.6) is 0 Å². The zero-order chi connectivity index (χ0) is 11.6. The SMILES string of the molecule is CCC(C)(N=[N+]=[N-])c1cnc2ccccn12. The van der Waals surface area contributed by atoms with Crippen molar-refractivity contribution in [2.45, 2.75) is 25.8 Å². The van der Waals surface area contributed by atoms with Crippen LogP contribution in [0, 0.1) is 0 Å². The first-order valence-corrected chi connectivity index (χ1v) is 5.20. The number of hydrogen-bond donors (Lipinski definition) is 0. The van der Waals surface area contributed by atoms with Crippen LogP contribution in [0.1, 0.15) is 26.0 Å². The van der Waals surface area contributed by atoms with Gasteiger partial charge in [0.15, 0.2) is 0 Å². The van der Waals surface area contributed by atoms with Gasteiger partial charge < -0.3 is 4.40 Å². The Bertz CT molecular complexity index is 552. The molecule has 2 aromatic rings. The predicted octanol–water partition coefficient (Wildman–Crippen LogP) is 3.27. The van der Waals surface area contributed by atoms with E-state index >= 15 is 0 Å². The van der Waals surface area contributed by atoms with Gasteiger partial charge in [-0.05, 0) is 31.0 Å². The highest BCUT2D eigenvalue weighted by molar-refractivity contribution is 5.41. The third-order valence-corrected chi connectivity index (χ3v) is 2.92. The van der Waals surface area contributed by atoms with Crippen molar-refractivity contribution in [3.05, 3.63) is 46.7 Å². The smallest absolute Gasteiger partial charge is 0.136 e. The zero-order valence-electron chi connectivity index (χ0n) is 9.33. The molecule has 2 heterocycles. The number of pyridine rings is 1. The van der Waals surface area contributed by atoms with E-state index in [1.165, 1.54) is 0 Å². The van der Waals surface area contributed by atoms with E-state index in [0.717, 1.165) is 17.8 Å². The van der Waals surface area contributed by atoms with Crippen molar-refractivity contribution in [2.24, 2.45) is 5.11 Å². The fourth-order valence-electron chi connectivity index (χ4n) is 1.73. The van der Waals surface area contributed by atoms with E-state index in [1.54, 1.807) is 6.20 Å². The highest BCUT2D eigenvalue weighted by Crippen LogP contribution is 2.29. The highest BCUT2D eigenvalue weighted by atomic mass is 15.2. The predicted molar refractivity (Wildman–Crippen MR) is 62.0 cm³/mol. The van der Waals surface area contributed by atoms with E-state index in [-0.39, 0.29) is 0 Å². The normalized spacial score (nSPS) is 14.4. The van der Waals surface area contributed by atoms with Gasteiger partial charge in [-0.2, -0.15) is 0 Å². The number of azide groups is 1. The molecule has 0 spiro atoms. The number of rotatable bonds is 3. The Morgan fingerprint density at radius 1 is 1.56 bits per heavy atom. The summed E-state index contributed by atoms with van der Waals surface area (Å²) >= 11 is 0. The lowest BCUT2D eigenvalue weighted by atomic mass is 9.96. The van der Waals surface area contributed by atoms with Crippen molar-refractivity contribution in [3.8, 4) is 0 Å². The van der Waals surface area contributed by atoms with Crippen LogP contribution in [-0.4, -0.2) is 9.38 Å². The Hall–Kier alpha value is -2.00. The molecule has 0 amide bonds. The maximum Gasteiger partial charge on any atom is 0.136 e. The first kappa shape index (κ1) is 10.5. The van der Waals surface area contributed by atoms with Gasteiger partial charge in [0.05, 0.1) is 11.2 Å². The summed E-state index contributed by atoms with van der Waals surface area (Å²) in [5, 5.41) is 3.89. The second kappa shape index (κ2) is 3.87. The average Bonchev–Trinajstić information content (AvgIpc) is 2.73. The fraction of sp³-hybridized carbons (Fsp3) is 0.364. The van der Waals surface area contributed by atoms with Crippen LogP contribution < -0.4 is 0 Å². The van der Waals surface area contributed by atoms with Crippen LogP contribution >= 0.6 is 0 Å². The Morgan fingerprint density at radius 2 is 2.38 bits per heavy atom. The third-order valence-electron chi connectivity index (χ3n) is 2.92. The van der Waals surface area contributed by atoms with Crippen molar-refractivity contribution in [2.75, 3.05) is 0 Å². The molecule has 0 radical (unpaired) electrons. The van der Waals surface area contributed by atoms with E-state index in [4.69, 9.17) is 5.53 Å². The van der Waals surface area contributed by atoms with E-state index in [1.807, 2.05) is 42.6 Å². The largest absolute Gasteiger partial charge is 0.303 e. The monoisotopic (exact) mass is 215 g/mol. The minimum absolute atomic E-state index is 0.546. The van der Waals surface area contributed by atoms with Gasteiger partial charge in [0, 0.05) is 17.3 Å². The van der Waals surface area contributed by atoms with E-state index in [2.05, 4.69) is 15.0 Å². The molecular formula is C11H13N5. The summed E-state index contributed by atoms with van der Waals surface area (Å²) < 4.78 is 1.96. The van der Waals surface area contributed by atoms with Gasteiger partial charge in [-0.3, -0.25) is 0 Å². The summed E-state index contributed by atoms with van der Waals surface area (Å²) in [6, 6.07) is 5.79. The Labute approximate surface area is 93.4 Å². The Morgan fingerprint density at radius 3 is 3.06 bits per heavy atom. The summed E-state index contributed by atoms with van der Waals surface area (Å²) in [5.41, 5.74) is 9.87. The molecule has 1 atom stereocenters. The molecule has 0 aliphatic carbocycles. The molecule has 82 valence electrons. The standard InChI is InChI=1S/C11H13N5/c1-3-11(2,14-15-12)9-8-13-10-6-4-5-7-16(9)10/h4-8H,3H2,1-2H3. The van der Waals surface area contributed by atoms with E-state index in [9.17, 15) is 0 Å².